The smallest absolute Gasteiger partial charge is 0.158 e. The Labute approximate surface area is 173 Å². The van der Waals surface area contributed by atoms with Gasteiger partial charge < -0.3 is 14.6 Å². The first-order valence-electron chi connectivity index (χ1n) is 10.9. The molecule has 2 aromatic rings. The lowest BCUT2D eigenvalue weighted by molar-refractivity contribution is 0.108. The number of hydrogen-bond acceptors (Lipinski definition) is 6. The Morgan fingerprint density at radius 3 is 2.10 bits per heavy atom. The Bertz CT molecular complexity index is 748. The van der Waals surface area contributed by atoms with Crippen molar-refractivity contribution in [2.75, 3.05) is 52.4 Å². The van der Waals surface area contributed by atoms with Gasteiger partial charge in [-0.15, -0.1) is 10.2 Å². The number of benzene rings is 1. The number of nitrogens with zero attached hydrogens (tertiary/aromatic N) is 6. The summed E-state index contributed by atoms with van der Waals surface area (Å²) in [5.41, 5.74) is 1.41. The van der Waals surface area contributed by atoms with Gasteiger partial charge in [-0.3, -0.25) is 9.80 Å². The Morgan fingerprint density at radius 1 is 0.862 bits per heavy atom. The highest BCUT2D eigenvalue weighted by molar-refractivity contribution is 5.14. The van der Waals surface area contributed by atoms with Crippen molar-refractivity contribution in [3.05, 3.63) is 47.5 Å². The van der Waals surface area contributed by atoms with Crippen LogP contribution in [0.5, 0.6) is 0 Å². The molecule has 158 valence electrons. The minimum Gasteiger partial charge on any atom is -0.388 e. The van der Waals surface area contributed by atoms with E-state index in [2.05, 4.69) is 55.2 Å². The van der Waals surface area contributed by atoms with E-state index in [1.165, 1.54) is 25.2 Å². The van der Waals surface area contributed by atoms with Gasteiger partial charge in [-0.1, -0.05) is 30.3 Å². The molecule has 2 aliphatic heterocycles. The molecule has 0 aliphatic carbocycles. The molecular formula is C22H34N6O. The molecule has 2 fully saturated rings. The van der Waals surface area contributed by atoms with Crippen LogP contribution >= 0.6 is 0 Å². The minimum absolute atomic E-state index is 0.0407. The monoisotopic (exact) mass is 398 g/mol. The summed E-state index contributed by atoms with van der Waals surface area (Å²) in [4.78, 5) is 7.78. The fourth-order valence-corrected chi connectivity index (χ4v) is 4.58. The maximum atomic E-state index is 9.32. The lowest BCUT2D eigenvalue weighted by Gasteiger charge is -2.37. The molecule has 0 unspecified atom stereocenters. The van der Waals surface area contributed by atoms with Crippen LogP contribution in [0, 0.1) is 0 Å². The van der Waals surface area contributed by atoms with E-state index < -0.39 is 0 Å². The molecule has 1 N–H and O–H groups in total. The molecule has 29 heavy (non-hydrogen) atoms. The largest absolute Gasteiger partial charge is 0.388 e. The summed E-state index contributed by atoms with van der Waals surface area (Å²) in [5, 5.41) is 17.7. The molecule has 0 bridgehead atoms. The highest BCUT2D eigenvalue weighted by atomic mass is 16.3. The molecule has 2 aliphatic rings. The predicted molar refractivity (Wildman–Crippen MR) is 113 cm³/mol. The molecule has 0 amide bonds. The summed E-state index contributed by atoms with van der Waals surface area (Å²) in [5.74, 6) is 2.16. The van der Waals surface area contributed by atoms with Crippen LogP contribution in [0.3, 0.4) is 0 Å². The third-order valence-electron chi connectivity index (χ3n) is 6.54. The van der Waals surface area contributed by atoms with Crippen LogP contribution in [0.1, 0.15) is 36.0 Å². The average molecular weight is 399 g/mol. The fourth-order valence-electron chi connectivity index (χ4n) is 4.58. The second kappa shape index (κ2) is 9.80. The number of hydrogen-bond donors (Lipinski definition) is 1. The predicted octanol–water partition coefficient (Wildman–Crippen LogP) is 1.30. The Kier molecular flexibility index (Phi) is 6.92. The van der Waals surface area contributed by atoms with Crippen molar-refractivity contribution in [2.45, 2.75) is 31.9 Å². The minimum atomic E-state index is -0.0407. The van der Waals surface area contributed by atoms with E-state index in [4.69, 9.17) is 0 Å². The van der Waals surface area contributed by atoms with E-state index in [0.717, 1.165) is 57.9 Å². The number of piperazine rings is 1. The van der Waals surface area contributed by atoms with E-state index in [1.54, 1.807) is 0 Å². The van der Waals surface area contributed by atoms with Crippen LogP contribution in [-0.4, -0.2) is 86.9 Å². The van der Waals surface area contributed by atoms with E-state index in [0.29, 0.717) is 11.7 Å². The van der Waals surface area contributed by atoms with Gasteiger partial charge in [-0.05, 0) is 31.5 Å². The van der Waals surface area contributed by atoms with Crippen molar-refractivity contribution in [1.29, 1.82) is 0 Å². The second-order valence-corrected chi connectivity index (χ2v) is 8.41. The first-order chi connectivity index (χ1) is 14.2. The van der Waals surface area contributed by atoms with Gasteiger partial charge in [0.1, 0.15) is 12.4 Å². The molecule has 1 aromatic heterocycles. The second-order valence-electron chi connectivity index (χ2n) is 8.41. The molecule has 3 heterocycles. The van der Waals surface area contributed by atoms with Gasteiger partial charge in [0.05, 0.1) is 0 Å². The van der Waals surface area contributed by atoms with Crippen molar-refractivity contribution < 1.29 is 5.11 Å². The topological polar surface area (TPSA) is 60.7 Å². The fraction of sp³-hybridized carbons (Fsp3) is 0.636. The summed E-state index contributed by atoms with van der Waals surface area (Å²) >= 11 is 0. The first-order valence-corrected chi connectivity index (χ1v) is 10.9. The third-order valence-corrected chi connectivity index (χ3v) is 6.54. The Hall–Kier alpha value is -1.80. The summed E-state index contributed by atoms with van der Waals surface area (Å²) in [6.45, 7) is 10.3. The van der Waals surface area contributed by atoms with Gasteiger partial charge in [0.2, 0.25) is 0 Å². The van der Waals surface area contributed by atoms with Gasteiger partial charge in [0, 0.05) is 58.8 Å². The van der Waals surface area contributed by atoms with Crippen molar-refractivity contribution in [1.82, 2.24) is 29.5 Å². The number of aliphatic hydroxyl groups excluding tert-OH is 1. The zero-order valence-corrected chi connectivity index (χ0v) is 17.6. The van der Waals surface area contributed by atoms with Gasteiger partial charge in [-0.2, -0.15) is 0 Å². The number of rotatable bonds is 7. The first kappa shape index (κ1) is 20.5. The summed E-state index contributed by atoms with van der Waals surface area (Å²) in [7, 11) is 1.96. The van der Waals surface area contributed by atoms with Crippen LogP contribution in [0.4, 0.5) is 0 Å². The van der Waals surface area contributed by atoms with Crippen molar-refractivity contribution in [2.24, 2.45) is 7.05 Å². The average Bonchev–Trinajstić information content (AvgIpc) is 3.15. The zero-order valence-electron chi connectivity index (χ0n) is 17.6. The number of likely N-dealkylation sites (tertiary alicyclic amines) is 1. The maximum Gasteiger partial charge on any atom is 0.158 e. The van der Waals surface area contributed by atoms with Crippen LogP contribution in [0.15, 0.2) is 30.3 Å². The van der Waals surface area contributed by atoms with Crippen molar-refractivity contribution in [3.8, 4) is 0 Å². The SMILES string of the molecule is Cn1c(CO)nnc1C1CCN(CCN2CCN(Cc3ccccc3)CC2)CC1. The zero-order chi connectivity index (χ0) is 20.1. The van der Waals surface area contributed by atoms with Crippen molar-refractivity contribution >= 4 is 0 Å². The highest BCUT2D eigenvalue weighted by Gasteiger charge is 2.25. The summed E-state index contributed by atoms with van der Waals surface area (Å²) in [6, 6.07) is 10.8. The molecule has 7 nitrogen and oxygen atoms in total. The van der Waals surface area contributed by atoms with Crippen LogP contribution in [0.2, 0.25) is 0 Å². The number of aliphatic hydroxyl groups is 1. The van der Waals surface area contributed by atoms with Crippen LogP contribution in [-0.2, 0) is 20.2 Å². The molecule has 0 saturated carbocycles. The number of piperidine rings is 1. The molecule has 0 spiro atoms. The summed E-state index contributed by atoms with van der Waals surface area (Å²) < 4.78 is 1.97. The molecule has 7 heteroatoms. The van der Waals surface area contributed by atoms with E-state index >= 15 is 0 Å². The van der Waals surface area contributed by atoms with Gasteiger partial charge >= 0.3 is 0 Å². The normalized spacial score (nSPS) is 20.3. The summed E-state index contributed by atoms with van der Waals surface area (Å²) in [6.07, 6.45) is 2.25. The van der Waals surface area contributed by atoms with Crippen LogP contribution in [0.25, 0.3) is 0 Å². The molecular weight excluding hydrogens is 364 g/mol. The van der Waals surface area contributed by atoms with Gasteiger partial charge in [-0.25, -0.2) is 0 Å². The van der Waals surface area contributed by atoms with E-state index in [1.807, 2.05) is 11.6 Å². The standard InChI is InChI=1S/C22H34N6O/c1-25-21(18-29)23-24-22(25)20-7-9-26(10-8-20)11-12-27-13-15-28(16-14-27)17-19-5-3-2-4-6-19/h2-6,20,29H,7-18H2,1H3. The molecule has 2 saturated heterocycles. The highest BCUT2D eigenvalue weighted by Crippen LogP contribution is 2.26. The molecule has 4 rings (SSSR count). The molecule has 1 aromatic carbocycles. The van der Waals surface area contributed by atoms with Crippen LogP contribution < -0.4 is 0 Å². The van der Waals surface area contributed by atoms with E-state index in [9.17, 15) is 5.11 Å². The van der Waals surface area contributed by atoms with Gasteiger partial charge in [0.25, 0.3) is 0 Å². The third kappa shape index (κ3) is 5.22. The maximum absolute atomic E-state index is 9.32. The molecule has 0 atom stereocenters. The molecule has 0 radical (unpaired) electrons. The number of aromatic nitrogens is 3. The lowest BCUT2D eigenvalue weighted by Crippen LogP contribution is -2.48. The van der Waals surface area contributed by atoms with Crippen molar-refractivity contribution in [3.63, 3.8) is 0 Å². The Morgan fingerprint density at radius 2 is 1.48 bits per heavy atom. The van der Waals surface area contributed by atoms with Gasteiger partial charge in [0.15, 0.2) is 5.82 Å². The lowest BCUT2D eigenvalue weighted by atomic mass is 9.96. The van der Waals surface area contributed by atoms with E-state index in [-0.39, 0.29) is 6.61 Å². The quantitative estimate of drug-likeness (QED) is 0.759. The Balaban J connectivity index is 1.15.